The third-order valence-corrected chi connectivity index (χ3v) is 13.6. The van der Waals surface area contributed by atoms with Gasteiger partial charge < -0.3 is 25.6 Å². The van der Waals surface area contributed by atoms with Crippen molar-refractivity contribution in [3.63, 3.8) is 0 Å². The molecule has 8 aromatic carbocycles. The van der Waals surface area contributed by atoms with Gasteiger partial charge in [-0.1, -0.05) is 114 Å². The number of ketones is 4. The number of carbonyl (C=O) groups is 4. The highest BCUT2D eigenvalue weighted by Crippen LogP contribution is 2.41. The number of aliphatic hydroxyl groups excluding tert-OH is 1. The number of Topliss-reactive ketones (excluding diaryl/α,β-unsaturated/α-hetero) is 1. The number of anilines is 2. The minimum atomic E-state index is -0.338. The molecule has 11 nitrogen and oxygen atoms in total. The third kappa shape index (κ3) is 8.16. The number of phenols is 1. The van der Waals surface area contributed by atoms with Crippen molar-refractivity contribution in [1.29, 1.82) is 0 Å². The molecule has 2 heterocycles. The van der Waals surface area contributed by atoms with E-state index in [2.05, 4.69) is 15.3 Å². The van der Waals surface area contributed by atoms with Gasteiger partial charge in [-0.3, -0.25) is 24.0 Å². The van der Waals surface area contributed by atoms with Crippen molar-refractivity contribution < 1.29 is 34.5 Å². The molecular weight excluding hydrogens is 962 g/mol. The number of H-pyrrole nitrogens is 1. The van der Waals surface area contributed by atoms with Crippen molar-refractivity contribution in [1.82, 2.24) is 9.97 Å². The number of aromatic hydroxyl groups is 2. The van der Waals surface area contributed by atoms with Gasteiger partial charge in [0.15, 0.2) is 28.6 Å². The molecule has 73 heavy (non-hydrogen) atoms. The zero-order valence-electron chi connectivity index (χ0n) is 38.4. The van der Waals surface area contributed by atoms with Crippen molar-refractivity contribution in [3.05, 3.63) is 251 Å². The van der Waals surface area contributed by atoms with Gasteiger partial charge in [-0.05, 0) is 103 Å². The van der Waals surface area contributed by atoms with E-state index in [1.54, 1.807) is 103 Å². The van der Waals surface area contributed by atoms with E-state index in [4.69, 9.17) is 23.2 Å². The van der Waals surface area contributed by atoms with Crippen LogP contribution in [0.2, 0.25) is 10.0 Å². The van der Waals surface area contributed by atoms with Crippen LogP contribution in [-0.4, -0.2) is 48.4 Å². The van der Waals surface area contributed by atoms with Crippen LogP contribution in [0.1, 0.15) is 86.1 Å². The number of aromatic nitrogens is 2. The van der Waals surface area contributed by atoms with Crippen molar-refractivity contribution in [2.24, 2.45) is 0 Å². The van der Waals surface area contributed by atoms with E-state index in [-0.39, 0.29) is 68.2 Å². The summed E-state index contributed by atoms with van der Waals surface area (Å²) in [7, 11) is 0. The number of allylic oxidation sites excluding steroid dienone is 1. The summed E-state index contributed by atoms with van der Waals surface area (Å²) >= 11 is 12.1. The Bertz CT molecular complexity index is 4160. The molecule has 13 heteroatoms. The smallest absolute Gasteiger partial charge is 0.199 e. The van der Waals surface area contributed by atoms with Gasteiger partial charge in [-0.25, -0.2) is 4.98 Å². The van der Waals surface area contributed by atoms with Crippen LogP contribution in [0.3, 0.4) is 0 Å². The lowest BCUT2D eigenvalue weighted by Crippen LogP contribution is -2.22. The van der Waals surface area contributed by atoms with Crippen LogP contribution in [0.5, 0.6) is 11.5 Å². The number of rotatable bonds is 3. The Morgan fingerprint density at radius 2 is 1.14 bits per heavy atom. The molecule has 0 amide bonds. The Balaban J connectivity index is 0.000000118. The Hall–Kier alpha value is -9.16. The number of para-hydroxylation sites is 1. The fourth-order valence-corrected chi connectivity index (χ4v) is 9.88. The molecular formula is C60H37Cl2N3O8. The monoisotopic (exact) mass is 997 g/mol. The highest BCUT2D eigenvalue weighted by Gasteiger charge is 2.35. The molecule has 0 saturated heterocycles. The maximum absolute atomic E-state index is 13.0. The lowest BCUT2D eigenvalue weighted by atomic mass is 9.82. The molecule has 10 aromatic rings. The average molecular weight is 999 g/mol. The number of aryl methyl sites for hydroxylation is 1. The summed E-state index contributed by atoms with van der Waals surface area (Å²) in [5.41, 5.74) is 9.33. The number of pyridine rings is 2. The maximum atomic E-state index is 13.0. The number of phenolic OH excluding ortho intramolecular Hbond substituents is 1. The lowest BCUT2D eigenvalue weighted by molar-refractivity contribution is 0.0977. The molecule has 3 aliphatic rings. The summed E-state index contributed by atoms with van der Waals surface area (Å²) in [6.45, 7) is 1.99. The van der Waals surface area contributed by atoms with E-state index in [1.165, 1.54) is 6.07 Å². The number of aliphatic hydroxyl groups is 1. The van der Waals surface area contributed by atoms with E-state index in [0.717, 1.165) is 27.8 Å². The van der Waals surface area contributed by atoms with Gasteiger partial charge in [-0.15, -0.1) is 0 Å². The number of nitrogens with one attached hydrogen (secondary N) is 2. The van der Waals surface area contributed by atoms with E-state index >= 15 is 0 Å². The zero-order chi connectivity index (χ0) is 50.8. The number of nitrogens with zero attached hydrogens (tertiary/aromatic N) is 1. The van der Waals surface area contributed by atoms with Gasteiger partial charge in [0.05, 0.1) is 33.4 Å². The minimum Gasteiger partial charge on any atom is -0.507 e. The van der Waals surface area contributed by atoms with Gasteiger partial charge in [0.1, 0.15) is 23.0 Å². The quantitative estimate of drug-likeness (QED) is 0.0842. The molecule has 2 aromatic heterocycles. The lowest BCUT2D eigenvalue weighted by Gasteiger charge is -2.21. The van der Waals surface area contributed by atoms with Gasteiger partial charge in [0.2, 0.25) is 0 Å². The van der Waals surface area contributed by atoms with Gasteiger partial charge in [-0.2, -0.15) is 0 Å². The van der Waals surface area contributed by atoms with Gasteiger partial charge in [0.25, 0.3) is 0 Å². The first-order valence-electron chi connectivity index (χ1n) is 22.9. The fourth-order valence-electron chi connectivity index (χ4n) is 9.54. The molecule has 0 bridgehead atoms. The highest BCUT2D eigenvalue weighted by molar-refractivity contribution is 6.39. The SMILES string of the molecule is Cc1ccc(Nc2ccc(O)c3c2C(=O)c2ccccc2C3=O)cc1.O=C1C(c2nc3ccccc3cc2O)=C(O)c2ccccc21.O=C1c2cc(Cl)ccc2Cc2cc3c(=O)c4cc(Cl)ccc4[nH]c3cc21. The molecule has 0 atom stereocenters. The number of benzene rings is 8. The molecule has 0 fully saturated rings. The maximum Gasteiger partial charge on any atom is 0.199 e. The summed E-state index contributed by atoms with van der Waals surface area (Å²) in [6, 6.07) is 47.2. The summed E-state index contributed by atoms with van der Waals surface area (Å²) in [4.78, 5) is 71.7. The van der Waals surface area contributed by atoms with Crippen LogP contribution in [0.4, 0.5) is 11.4 Å². The van der Waals surface area contributed by atoms with Crippen molar-refractivity contribution in [3.8, 4) is 11.5 Å². The molecule has 0 saturated carbocycles. The Morgan fingerprint density at radius 1 is 0.521 bits per heavy atom. The van der Waals surface area contributed by atoms with Gasteiger partial charge >= 0.3 is 0 Å². The predicted molar refractivity (Wildman–Crippen MR) is 284 cm³/mol. The highest BCUT2D eigenvalue weighted by atomic mass is 35.5. The first kappa shape index (κ1) is 46.2. The van der Waals surface area contributed by atoms with Gasteiger partial charge in [0, 0.05) is 70.8 Å². The topological polar surface area (TPSA) is 187 Å². The second-order valence-corrected chi connectivity index (χ2v) is 18.6. The van der Waals surface area contributed by atoms with E-state index in [9.17, 15) is 39.3 Å². The largest absolute Gasteiger partial charge is 0.507 e. The number of aromatic amines is 1. The molecule has 0 aliphatic heterocycles. The predicted octanol–water partition coefficient (Wildman–Crippen LogP) is 12.9. The molecule has 0 spiro atoms. The van der Waals surface area contributed by atoms with Crippen molar-refractivity contribution >= 4 is 102 Å². The first-order chi connectivity index (χ1) is 35.2. The van der Waals surface area contributed by atoms with Crippen molar-refractivity contribution in [2.75, 3.05) is 5.32 Å². The first-order valence-corrected chi connectivity index (χ1v) is 23.7. The van der Waals surface area contributed by atoms with E-state index in [0.29, 0.717) is 82.9 Å². The van der Waals surface area contributed by atoms with Crippen LogP contribution in [-0.2, 0) is 6.42 Å². The Labute approximate surface area is 425 Å². The van der Waals surface area contributed by atoms with Crippen LogP contribution in [0.15, 0.2) is 169 Å². The average Bonchev–Trinajstić information content (AvgIpc) is 3.65. The normalized spacial score (nSPS) is 13.1. The summed E-state index contributed by atoms with van der Waals surface area (Å²) < 4.78 is 0. The number of halogens is 2. The number of carbonyl (C=O) groups excluding carboxylic acids is 4. The standard InChI is InChI=1S/C21H11Cl2NO2.C21H15NO3.C18H11NO3/c22-12-2-1-10-5-11-6-16-19(9-15(11)20(25)14(10)7-12)24-18-4-3-13(23)8-17(18)21(16)26;1-12-6-8-13(9-7-12)22-16-10-11-17(23)19-18(16)20(24)14-4-2-3-5-15(14)21(19)25;20-14-9-10-5-1-4-8-13(10)19-16(14)15-17(21)11-6-2-3-7-12(11)18(15)22/h1-4,6-9H,5H2,(H,24,26);2-11,22-23H,1H3;1-9,20-21H. The summed E-state index contributed by atoms with van der Waals surface area (Å²) in [5.74, 6) is -1.45. The number of hydrogen-bond donors (Lipinski definition) is 5. The Morgan fingerprint density at radius 3 is 1.86 bits per heavy atom. The van der Waals surface area contributed by atoms with E-state index in [1.807, 2.05) is 61.5 Å². The van der Waals surface area contributed by atoms with Crippen LogP contribution in [0, 0.1) is 6.92 Å². The second kappa shape index (κ2) is 18.2. The summed E-state index contributed by atoms with van der Waals surface area (Å²) in [6.07, 6.45) is 0.594. The molecule has 3 aliphatic carbocycles. The Kier molecular flexibility index (Phi) is 11.5. The fraction of sp³-hybridized carbons (Fsp3) is 0.0333. The number of hydrogen-bond acceptors (Lipinski definition) is 10. The molecule has 5 N–H and O–H groups in total. The molecule has 354 valence electrons. The second-order valence-electron chi connectivity index (χ2n) is 17.7. The third-order valence-electron chi connectivity index (χ3n) is 13.1. The number of fused-ring (bicyclic) bond motifs is 8. The van der Waals surface area contributed by atoms with E-state index < -0.39 is 0 Å². The summed E-state index contributed by atoms with van der Waals surface area (Å²) in [5, 5.41) is 36.9. The van der Waals surface area contributed by atoms with Crippen LogP contribution >= 0.6 is 23.2 Å². The van der Waals surface area contributed by atoms with Crippen molar-refractivity contribution in [2.45, 2.75) is 13.3 Å². The van der Waals surface area contributed by atoms with Crippen LogP contribution < -0.4 is 10.7 Å². The zero-order valence-corrected chi connectivity index (χ0v) is 39.9. The molecule has 13 rings (SSSR count). The molecule has 0 radical (unpaired) electrons. The van der Waals surface area contributed by atoms with Crippen LogP contribution in [0.25, 0.3) is 44.0 Å². The minimum absolute atomic E-state index is 0.0458. The molecule has 0 unspecified atom stereocenters.